The molecule has 0 bridgehead atoms. The van der Waals surface area contributed by atoms with Gasteiger partial charge in [-0.25, -0.2) is 9.97 Å². The van der Waals surface area contributed by atoms with Gasteiger partial charge in [-0.05, 0) is 18.3 Å². The predicted molar refractivity (Wildman–Crippen MR) is 84.3 cm³/mol. The number of hydrogen-bond donors (Lipinski definition) is 3. The van der Waals surface area contributed by atoms with Crippen molar-refractivity contribution < 1.29 is 9.90 Å². The number of nitrogens with two attached hydrogens (primary N) is 1. The van der Waals surface area contributed by atoms with E-state index in [2.05, 4.69) is 29.1 Å². The second-order valence-electron chi connectivity index (χ2n) is 5.73. The van der Waals surface area contributed by atoms with Crippen LogP contribution in [-0.4, -0.2) is 34.1 Å². The molecule has 0 saturated carbocycles. The highest BCUT2D eigenvalue weighted by atomic mass is 32.1. The molecule has 2 aromatic heterocycles. The summed E-state index contributed by atoms with van der Waals surface area (Å²) in [6.45, 7) is 4.80. The van der Waals surface area contributed by atoms with Crippen LogP contribution < -0.4 is 11.1 Å². The SMILES string of the molecule is CC(C)(CCCO)CNC(=O)c1sc2nccnc2c1N. The van der Waals surface area contributed by atoms with Gasteiger partial charge in [-0.2, -0.15) is 0 Å². The summed E-state index contributed by atoms with van der Waals surface area (Å²) in [4.78, 5) is 21.7. The van der Waals surface area contributed by atoms with Gasteiger partial charge >= 0.3 is 0 Å². The highest BCUT2D eigenvalue weighted by Crippen LogP contribution is 2.30. The Balaban J connectivity index is 2.07. The van der Waals surface area contributed by atoms with Crippen LogP contribution in [0.5, 0.6) is 0 Å². The number of hydrogen-bond acceptors (Lipinski definition) is 6. The maximum absolute atomic E-state index is 12.3. The molecule has 7 heteroatoms. The maximum Gasteiger partial charge on any atom is 0.263 e. The van der Waals surface area contributed by atoms with Gasteiger partial charge in [0.15, 0.2) is 0 Å². The van der Waals surface area contributed by atoms with Gasteiger partial charge < -0.3 is 16.2 Å². The number of nitrogens with zero attached hydrogens (tertiary/aromatic N) is 2. The van der Waals surface area contributed by atoms with Crippen molar-refractivity contribution >= 4 is 33.3 Å². The van der Waals surface area contributed by atoms with Gasteiger partial charge in [0.25, 0.3) is 5.91 Å². The lowest BCUT2D eigenvalue weighted by molar-refractivity contribution is 0.0938. The highest BCUT2D eigenvalue weighted by Gasteiger charge is 2.22. The van der Waals surface area contributed by atoms with E-state index in [0.29, 0.717) is 27.5 Å². The number of rotatable bonds is 6. The molecule has 4 N–H and O–H groups in total. The first-order chi connectivity index (χ1) is 9.94. The maximum atomic E-state index is 12.3. The molecule has 6 nitrogen and oxygen atoms in total. The normalized spacial score (nSPS) is 11.8. The van der Waals surface area contributed by atoms with Crippen molar-refractivity contribution in [1.29, 1.82) is 0 Å². The zero-order chi connectivity index (χ0) is 15.5. The van der Waals surface area contributed by atoms with Crippen LogP contribution in [0.1, 0.15) is 36.4 Å². The molecule has 0 radical (unpaired) electrons. The fourth-order valence-corrected chi connectivity index (χ4v) is 3.00. The topological polar surface area (TPSA) is 101 Å². The fraction of sp³-hybridized carbons (Fsp3) is 0.500. The van der Waals surface area contributed by atoms with E-state index in [0.717, 1.165) is 12.8 Å². The molecule has 0 aliphatic heterocycles. The summed E-state index contributed by atoms with van der Waals surface area (Å²) in [6, 6.07) is 0. The van der Waals surface area contributed by atoms with Crippen LogP contribution >= 0.6 is 11.3 Å². The van der Waals surface area contributed by atoms with Crippen molar-refractivity contribution in [3.8, 4) is 0 Å². The Labute approximate surface area is 127 Å². The third kappa shape index (κ3) is 3.68. The zero-order valence-electron chi connectivity index (χ0n) is 12.2. The predicted octanol–water partition coefficient (Wildman–Crippen LogP) is 1.80. The van der Waals surface area contributed by atoms with Crippen molar-refractivity contribution in [1.82, 2.24) is 15.3 Å². The first-order valence-electron chi connectivity index (χ1n) is 6.82. The summed E-state index contributed by atoms with van der Waals surface area (Å²) < 4.78 is 0. The smallest absolute Gasteiger partial charge is 0.263 e. The van der Waals surface area contributed by atoms with E-state index in [4.69, 9.17) is 10.8 Å². The highest BCUT2D eigenvalue weighted by molar-refractivity contribution is 7.21. The molecule has 1 amide bonds. The van der Waals surface area contributed by atoms with Gasteiger partial charge in [-0.3, -0.25) is 4.79 Å². The Morgan fingerprint density at radius 1 is 1.43 bits per heavy atom. The van der Waals surface area contributed by atoms with E-state index in [1.807, 2.05) is 0 Å². The van der Waals surface area contributed by atoms with Gasteiger partial charge in [0.2, 0.25) is 0 Å². The van der Waals surface area contributed by atoms with Gasteiger partial charge in [0, 0.05) is 25.5 Å². The van der Waals surface area contributed by atoms with Crippen molar-refractivity contribution in [2.45, 2.75) is 26.7 Å². The first-order valence-corrected chi connectivity index (χ1v) is 7.64. The van der Waals surface area contributed by atoms with Gasteiger partial charge in [-0.15, -0.1) is 11.3 Å². The average Bonchev–Trinajstić information content (AvgIpc) is 2.81. The molecular formula is C14H20N4O2S. The van der Waals surface area contributed by atoms with E-state index in [1.165, 1.54) is 11.3 Å². The minimum Gasteiger partial charge on any atom is -0.396 e. The molecule has 0 atom stereocenters. The van der Waals surface area contributed by atoms with Gasteiger partial charge in [-0.1, -0.05) is 13.8 Å². The number of carbonyl (C=O) groups is 1. The molecule has 0 aromatic carbocycles. The number of carbonyl (C=O) groups excluding carboxylic acids is 1. The van der Waals surface area contributed by atoms with Crippen LogP contribution in [0.2, 0.25) is 0 Å². The molecule has 0 spiro atoms. The molecule has 2 heterocycles. The number of aliphatic hydroxyl groups excluding tert-OH is 1. The van der Waals surface area contributed by atoms with E-state index in [1.54, 1.807) is 12.4 Å². The monoisotopic (exact) mass is 308 g/mol. The van der Waals surface area contributed by atoms with Crippen LogP contribution in [0.25, 0.3) is 10.3 Å². The quantitative estimate of drug-likeness (QED) is 0.755. The molecule has 2 aromatic rings. The van der Waals surface area contributed by atoms with Gasteiger partial charge in [0.05, 0.1) is 5.69 Å². The molecule has 0 aliphatic rings. The third-order valence-electron chi connectivity index (χ3n) is 3.31. The summed E-state index contributed by atoms with van der Waals surface area (Å²) in [5.41, 5.74) is 6.86. The summed E-state index contributed by atoms with van der Waals surface area (Å²) in [5.74, 6) is -0.200. The minimum absolute atomic E-state index is 0.0691. The van der Waals surface area contributed by atoms with E-state index >= 15 is 0 Å². The largest absolute Gasteiger partial charge is 0.396 e. The van der Waals surface area contributed by atoms with Gasteiger partial charge in [0.1, 0.15) is 15.2 Å². The number of aromatic nitrogens is 2. The third-order valence-corrected chi connectivity index (χ3v) is 4.41. The summed E-state index contributed by atoms with van der Waals surface area (Å²) in [6.07, 6.45) is 4.71. The van der Waals surface area contributed by atoms with Crippen LogP contribution in [-0.2, 0) is 0 Å². The number of anilines is 1. The Hall–Kier alpha value is -1.73. The van der Waals surface area contributed by atoms with Crippen LogP contribution in [0.4, 0.5) is 5.69 Å². The van der Waals surface area contributed by atoms with Crippen LogP contribution in [0, 0.1) is 5.41 Å². The molecule has 21 heavy (non-hydrogen) atoms. The van der Waals surface area contributed by atoms with Crippen molar-refractivity contribution in [2.75, 3.05) is 18.9 Å². The minimum atomic E-state index is -0.200. The molecule has 0 aliphatic carbocycles. The number of amides is 1. The summed E-state index contributed by atoms with van der Waals surface area (Å²) >= 11 is 1.25. The Morgan fingerprint density at radius 3 is 2.81 bits per heavy atom. The number of thiophene rings is 1. The van der Waals surface area contributed by atoms with Crippen molar-refractivity contribution in [3.05, 3.63) is 17.3 Å². The van der Waals surface area contributed by atoms with E-state index < -0.39 is 0 Å². The average molecular weight is 308 g/mol. The molecule has 114 valence electrons. The summed E-state index contributed by atoms with van der Waals surface area (Å²) in [5, 5.41) is 11.8. The molecule has 2 rings (SSSR count). The number of aliphatic hydroxyl groups is 1. The zero-order valence-corrected chi connectivity index (χ0v) is 13.0. The second-order valence-corrected chi connectivity index (χ2v) is 6.73. The second kappa shape index (κ2) is 6.36. The molecule has 0 saturated heterocycles. The lowest BCUT2D eigenvalue weighted by atomic mass is 9.88. The van der Waals surface area contributed by atoms with Crippen LogP contribution in [0.3, 0.4) is 0 Å². The lowest BCUT2D eigenvalue weighted by Gasteiger charge is -2.24. The molecular weight excluding hydrogens is 288 g/mol. The molecule has 0 fully saturated rings. The fourth-order valence-electron chi connectivity index (χ4n) is 2.06. The number of nitrogen functional groups attached to an aromatic ring is 1. The first kappa shape index (κ1) is 15.7. The molecule has 0 unspecified atom stereocenters. The van der Waals surface area contributed by atoms with Crippen LogP contribution in [0.15, 0.2) is 12.4 Å². The Kier molecular flexibility index (Phi) is 4.74. The Bertz CT molecular complexity index is 639. The van der Waals surface area contributed by atoms with Crippen molar-refractivity contribution in [3.63, 3.8) is 0 Å². The number of nitrogens with one attached hydrogen (secondary N) is 1. The number of fused-ring (bicyclic) bond motifs is 1. The van der Waals surface area contributed by atoms with E-state index in [-0.39, 0.29) is 17.9 Å². The van der Waals surface area contributed by atoms with E-state index in [9.17, 15) is 4.79 Å². The Morgan fingerprint density at radius 2 is 2.14 bits per heavy atom. The standard InChI is InChI=1S/C14H20N4O2S/c1-14(2,4-3-7-19)8-18-12(20)11-9(15)10-13(21-11)17-6-5-16-10/h5-6,19H,3-4,7-8,15H2,1-2H3,(H,18,20). The lowest BCUT2D eigenvalue weighted by Crippen LogP contribution is -2.34. The van der Waals surface area contributed by atoms with Crippen molar-refractivity contribution in [2.24, 2.45) is 5.41 Å². The summed E-state index contributed by atoms with van der Waals surface area (Å²) in [7, 11) is 0.